The van der Waals surface area contributed by atoms with Crippen LogP contribution in [0.25, 0.3) is 23.0 Å². The lowest BCUT2D eigenvalue weighted by molar-refractivity contribution is -0.122. The highest BCUT2D eigenvalue weighted by Gasteiger charge is 2.32. The second kappa shape index (κ2) is 10.8. The SMILES string of the molecule is Cc1c(OCC(C)C)cccc1-c1nn(-c2ccccc2)cc1C=C1SC(=S)N(CC(C)C)C1=O. The number of aromatic nitrogens is 2. The predicted molar refractivity (Wildman–Crippen MR) is 149 cm³/mol. The maximum absolute atomic E-state index is 13.2. The Morgan fingerprint density at radius 3 is 2.49 bits per heavy atom. The molecular weight excluding hydrogens is 474 g/mol. The summed E-state index contributed by atoms with van der Waals surface area (Å²) < 4.78 is 8.54. The Hall–Kier alpha value is -2.90. The lowest BCUT2D eigenvalue weighted by Crippen LogP contribution is -2.31. The first-order chi connectivity index (χ1) is 16.7. The molecule has 3 aromatic rings. The van der Waals surface area contributed by atoms with Gasteiger partial charge in [-0.1, -0.05) is 82.0 Å². The van der Waals surface area contributed by atoms with Crippen LogP contribution >= 0.6 is 24.0 Å². The monoisotopic (exact) mass is 505 g/mol. The lowest BCUT2D eigenvalue weighted by Gasteiger charge is -2.16. The quantitative estimate of drug-likeness (QED) is 0.251. The molecule has 0 radical (unpaired) electrons. The van der Waals surface area contributed by atoms with Gasteiger partial charge in [0.15, 0.2) is 0 Å². The fourth-order valence-electron chi connectivity index (χ4n) is 3.86. The molecule has 0 bridgehead atoms. The van der Waals surface area contributed by atoms with Crippen molar-refractivity contribution in [3.63, 3.8) is 0 Å². The zero-order chi connectivity index (χ0) is 25.1. The van der Waals surface area contributed by atoms with Crippen molar-refractivity contribution in [1.82, 2.24) is 14.7 Å². The van der Waals surface area contributed by atoms with Crippen molar-refractivity contribution in [3.8, 4) is 22.7 Å². The van der Waals surface area contributed by atoms with Gasteiger partial charge in [-0.3, -0.25) is 9.69 Å². The molecule has 1 aliphatic heterocycles. The van der Waals surface area contributed by atoms with Crippen molar-refractivity contribution in [2.75, 3.05) is 13.2 Å². The van der Waals surface area contributed by atoms with Crippen molar-refractivity contribution < 1.29 is 9.53 Å². The van der Waals surface area contributed by atoms with Crippen LogP contribution in [0.5, 0.6) is 5.75 Å². The maximum Gasteiger partial charge on any atom is 0.266 e. The normalized spacial score (nSPS) is 15.2. The van der Waals surface area contributed by atoms with Crippen molar-refractivity contribution in [2.24, 2.45) is 11.8 Å². The fraction of sp³-hybridized carbons (Fsp3) is 0.321. The van der Waals surface area contributed by atoms with E-state index in [2.05, 4.69) is 40.7 Å². The molecule has 35 heavy (non-hydrogen) atoms. The van der Waals surface area contributed by atoms with Crippen LogP contribution in [-0.2, 0) is 4.79 Å². The van der Waals surface area contributed by atoms with Crippen LogP contribution in [0.1, 0.15) is 38.8 Å². The van der Waals surface area contributed by atoms with E-state index in [-0.39, 0.29) is 5.91 Å². The number of rotatable bonds is 8. The van der Waals surface area contributed by atoms with Crippen LogP contribution in [0.2, 0.25) is 0 Å². The lowest BCUT2D eigenvalue weighted by atomic mass is 10.0. The number of benzene rings is 2. The van der Waals surface area contributed by atoms with Crippen molar-refractivity contribution >= 4 is 40.3 Å². The minimum absolute atomic E-state index is 0.0437. The topological polar surface area (TPSA) is 47.4 Å². The third-order valence-corrected chi connectivity index (χ3v) is 6.96. The molecule has 1 amide bonds. The molecule has 1 fully saturated rings. The number of nitrogens with zero attached hydrogens (tertiary/aromatic N) is 3. The van der Waals surface area contributed by atoms with E-state index < -0.39 is 0 Å². The predicted octanol–water partition coefficient (Wildman–Crippen LogP) is 6.74. The summed E-state index contributed by atoms with van der Waals surface area (Å²) in [6.07, 6.45) is 3.89. The van der Waals surface area contributed by atoms with Crippen molar-refractivity contribution in [3.05, 3.63) is 70.8 Å². The first kappa shape index (κ1) is 25.2. The Kier molecular flexibility index (Phi) is 7.77. The minimum atomic E-state index is -0.0437. The standard InChI is InChI=1S/C28H31N3O2S2/c1-18(2)15-30-27(32)25(35-28(30)34)14-21-16-31(22-10-7-6-8-11-22)29-26(21)23-12-9-13-24(20(23)5)33-17-19(3)4/h6-14,16,18-19H,15,17H2,1-5H3. The largest absolute Gasteiger partial charge is 0.493 e. The van der Waals surface area contributed by atoms with Gasteiger partial charge in [0.1, 0.15) is 15.8 Å². The smallest absolute Gasteiger partial charge is 0.266 e. The number of thioether (sulfide) groups is 1. The summed E-state index contributed by atoms with van der Waals surface area (Å²) in [4.78, 5) is 15.5. The van der Waals surface area contributed by atoms with Crippen molar-refractivity contribution in [2.45, 2.75) is 34.6 Å². The van der Waals surface area contributed by atoms with E-state index in [9.17, 15) is 4.79 Å². The molecule has 0 spiro atoms. The molecular formula is C28H31N3O2S2. The highest BCUT2D eigenvalue weighted by Crippen LogP contribution is 2.37. The van der Waals surface area contributed by atoms with Gasteiger partial charge in [-0.2, -0.15) is 5.10 Å². The first-order valence-electron chi connectivity index (χ1n) is 11.9. The van der Waals surface area contributed by atoms with Crippen molar-refractivity contribution in [1.29, 1.82) is 0 Å². The Morgan fingerprint density at radius 1 is 1.06 bits per heavy atom. The number of ether oxygens (including phenoxy) is 1. The summed E-state index contributed by atoms with van der Waals surface area (Å²) in [5.74, 6) is 1.57. The van der Waals surface area contributed by atoms with Crippen LogP contribution in [0.3, 0.4) is 0 Å². The summed E-state index contributed by atoms with van der Waals surface area (Å²) in [7, 11) is 0. The number of thiocarbonyl (C=S) groups is 1. The molecule has 4 rings (SSSR count). The summed E-state index contributed by atoms with van der Waals surface area (Å²) in [6, 6.07) is 16.0. The number of carbonyl (C=O) groups is 1. The highest BCUT2D eigenvalue weighted by molar-refractivity contribution is 8.26. The molecule has 0 N–H and O–H groups in total. The van der Waals surface area contributed by atoms with Gasteiger partial charge in [0.2, 0.25) is 0 Å². The van der Waals surface area contributed by atoms with Gasteiger partial charge in [-0.15, -0.1) is 0 Å². The maximum atomic E-state index is 13.2. The number of para-hydroxylation sites is 1. The number of hydrogen-bond acceptors (Lipinski definition) is 5. The number of hydrogen-bond donors (Lipinski definition) is 0. The first-order valence-corrected chi connectivity index (χ1v) is 13.1. The molecule has 2 heterocycles. The number of amides is 1. The van der Waals surface area contributed by atoms with E-state index in [1.54, 1.807) is 4.90 Å². The van der Waals surface area contributed by atoms with Crippen LogP contribution in [-0.4, -0.2) is 38.1 Å². The Morgan fingerprint density at radius 2 is 1.80 bits per heavy atom. The molecule has 0 saturated carbocycles. The summed E-state index contributed by atoms with van der Waals surface area (Å²) >= 11 is 6.87. The zero-order valence-corrected chi connectivity index (χ0v) is 22.5. The summed E-state index contributed by atoms with van der Waals surface area (Å²) in [6.45, 7) is 11.8. The van der Waals surface area contributed by atoms with Crippen LogP contribution < -0.4 is 4.74 Å². The third kappa shape index (κ3) is 5.68. The highest BCUT2D eigenvalue weighted by atomic mass is 32.2. The molecule has 0 unspecified atom stereocenters. The van der Waals surface area contributed by atoms with Crippen LogP contribution in [0.15, 0.2) is 59.6 Å². The summed E-state index contributed by atoms with van der Waals surface area (Å²) in [5, 5.41) is 4.95. The number of carbonyl (C=O) groups excluding carboxylic acids is 1. The van der Waals surface area contributed by atoms with Gasteiger partial charge in [-0.25, -0.2) is 4.68 Å². The van der Waals surface area contributed by atoms with E-state index in [1.165, 1.54) is 11.8 Å². The molecule has 0 aliphatic carbocycles. The molecule has 1 aliphatic rings. The van der Waals surface area contributed by atoms with Crippen LogP contribution in [0, 0.1) is 18.8 Å². The van der Waals surface area contributed by atoms with Crippen LogP contribution in [0.4, 0.5) is 0 Å². The van der Waals surface area contributed by atoms with Gasteiger partial charge in [0.05, 0.1) is 17.2 Å². The van der Waals surface area contributed by atoms with E-state index in [1.807, 2.05) is 59.4 Å². The molecule has 5 nitrogen and oxygen atoms in total. The molecule has 2 aromatic carbocycles. The van der Waals surface area contributed by atoms with Gasteiger partial charge in [0.25, 0.3) is 5.91 Å². The second-order valence-corrected chi connectivity index (χ2v) is 11.2. The van der Waals surface area contributed by atoms with E-state index in [0.29, 0.717) is 34.2 Å². The fourth-order valence-corrected chi connectivity index (χ4v) is 5.13. The van der Waals surface area contributed by atoms with Gasteiger partial charge in [-0.05, 0) is 43.0 Å². The Labute approximate surface area is 217 Å². The molecule has 0 atom stereocenters. The van der Waals surface area contributed by atoms with Gasteiger partial charge in [0, 0.05) is 29.4 Å². The average Bonchev–Trinajstić information content (AvgIpc) is 3.35. The van der Waals surface area contributed by atoms with E-state index in [4.69, 9.17) is 22.1 Å². The van der Waals surface area contributed by atoms with Gasteiger partial charge < -0.3 is 4.74 Å². The van der Waals surface area contributed by atoms with E-state index >= 15 is 0 Å². The second-order valence-electron chi connectivity index (χ2n) is 9.53. The Bertz CT molecular complexity index is 1260. The Balaban J connectivity index is 1.79. The third-order valence-electron chi connectivity index (χ3n) is 5.58. The summed E-state index contributed by atoms with van der Waals surface area (Å²) in [5.41, 5.74) is 4.61. The molecule has 7 heteroatoms. The minimum Gasteiger partial charge on any atom is -0.493 e. The zero-order valence-electron chi connectivity index (χ0n) is 20.8. The van der Waals surface area contributed by atoms with Gasteiger partial charge >= 0.3 is 0 Å². The molecule has 1 saturated heterocycles. The molecule has 1 aromatic heterocycles. The van der Waals surface area contributed by atoms with E-state index in [0.717, 1.165) is 33.8 Å². The average molecular weight is 506 g/mol. The molecule has 182 valence electrons.